The first-order valence-electron chi connectivity index (χ1n) is 8.15. The van der Waals surface area contributed by atoms with E-state index in [1.807, 2.05) is 24.3 Å². The SMILES string of the molecule is O=C(NN=Cc1ccc(O)cc1O)c1nn(Cc2ccc(Br)cc2)cc1[N+](=O)[O-]. The number of nitrogens with zero attached hydrogens (tertiary/aromatic N) is 4. The Kier molecular flexibility index (Phi) is 5.88. The van der Waals surface area contributed by atoms with E-state index in [1.54, 1.807) is 0 Å². The van der Waals surface area contributed by atoms with Crippen molar-refractivity contribution in [2.45, 2.75) is 6.54 Å². The molecule has 148 valence electrons. The molecule has 3 N–H and O–H groups in total. The van der Waals surface area contributed by atoms with Crippen LogP contribution >= 0.6 is 15.9 Å². The number of amides is 1. The predicted molar refractivity (Wildman–Crippen MR) is 107 cm³/mol. The number of hydrazone groups is 1. The van der Waals surface area contributed by atoms with Gasteiger partial charge in [0.05, 0.1) is 17.7 Å². The molecule has 0 saturated carbocycles. The second-order valence-electron chi connectivity index (χ2n) is 5.89. The van der Waals surface area contributed by atoms with E-state index in [1.165, 1.54) is 23.0 Å². The van der Waals surface area contributed by atoms with Gasteiger partial charge in [-0.05, 0) is 29.8 Å². The summed E-state index contributed by atoms with van der Waals surface area (Å²) in [4.78, 5) is 22.9. The molecule has 1 heterocycles. The van der Waals surface area contributed by atoms with Gasteiger partial charge in [0, 0.05) is 16.1 Å². The second-order valence-corrected chi connectivity index (χ2v) is 6.80. The van der Waals surface area contributed by atoms with Crippen molar-refractivity contribution >= 4 is 33.7 Å². The van der Waals surface area contributed by atoms with Gasteiger partial charge in [0.15, 0.2) is 0 Å². The number of benzene rings is 2. The molecule has 0 bridgehead atoms. The zero-order chi connectivity index (χ0) is 21.0. The number of hydrogen-bond donors (Lipinski definition) is 3. The molecule has 1 aromatic heterocycles. The number of aromatic hydroxyl groups is 2. The summed E-state index contributed by atoms with van der Waals surface area (Å²) in [5, 5.41) is 37.9. The minimum absolute atomic E-state index is 0.129. The summed E-state index contributed by atoms with van der Waals surface area (Å²) in [6, 6.07) is 11.1. The van der Waals surface area contributed by atoms with E-state index in [4.69, 9.17) is 0 Å². The van der Waals surface area contributed by atoms with Crippen molar-refractivity contribution < 1.29 is 19.9 Å². The highest BCUT2D eigenvalue weighted by atomic mass is 79.9. The van der Waals surface area contributed by atoms with E-state index in [0.29, 0.717) is 0 Å². The Labute approximate surface area is 172 Å². The first-order valence-corrected chi connectivity index (χ1v) is 8.94. The molecule has 11 heteroatoms. The Hall–Kier alpha value is -3.73. The van der Waals surface area contributed by atoms with E-state index in [9.17, 15) is 25.1 Å². The molecule has 0 unspecified atom stereocenters. The number of phenolic OH excluding ortho intramolecular Hbond substituents is 2. The fourth-order valence-electron chi connectivity index (χ4n) is 2.42. The van der Waals surface area contributed by atoms with Gasteiger partial charge in [-0.1, -0.05) is 28.1 Å². The van der Waals surface area contributed by atoms with Crippen LogP contribution in [0.3, 0.4) is 0 Å². The van der Waals surface area contributed by atoms with Gasteiger partial charge in [0.2, 0.25) is 5.69 Å². The maximum Gasteiger partial charge on any atom is 0.320 e. The van der Waals surface area contributed by atoms with Gasteiger partial charge in [0.25, 0.3) is 5.91 Å². The van der Waals surface area contributed by atoms with Crippen molar-refractivity contribution in [1.29, 1.82) is 0 Å². The van der Waals surface area contributed by atoms with Crippen LogP contribution in [0.4, 0.5) is 5.69 Å². The summed E-state index contributed by atoms with van der Waals surface area (Å²) in [6.45, 7) is 0.242. The summed E-state index contributed by atoms with van der Waals surface area (Å²) in [5.41, 5.74) is 2.37. The second kappa shape index (κ2) is 8.52. The molecule has 0 saturated heterocycles. The van der Waals surface area contributed by atoms with Crippen LogP contribution in [0.1, 0.15) is 21.6 Å². The third-order valence-electron chi connectivity index (χ3n) is 3.80. The zero-order valence-corrected chi connectivity index (χ0v) is 16.3. The van der Waals surface area contributed by atoms with Gasteiger partial charge in [0.1, 0.15) is 17.7 Å². The van der Waals surface area contributed by atoms with Gasteiger partial charge in [-0.25, -0.2) is 5.43 Å². The number of rotatable bonds is 6. The number of halogens is 1. The van der Waals surface area contributed by atoms with Gasteiger partial charge >= 0.3 is 5.69 Å². The van der Waals surface area contributed by atoms with Crippen LogP contribution in [-0.2, 0) is 6.54 Å². The molecule has 0 aliphatic carbocycles. The third kappa shape index (κ3) is 4.96. The highest BCUT2D eigenvalue weighted by Crippen LogP contribution is 2.21. The highest BCUT2D eigenvalue weighted by Gasteiger charge is 2.25. The Morgan fingerprint density at radius 1 is 1.28 bits per heavy atom. The van der Waals surface area contributed by atoms with Gasteiger partial charge in [-0.3, -0.25) is 19.6 Å². The Morgan fingerprint density at radius 2 is 2.00 bits per heavy atom. The predicted octanol–water partition coefficient (Wildman–Crippen LogP) is 2.78. The lowest BCUT2D eigenvalue weighted by Crippen LogP contribution is -2.19. The van der Waals surface area contributed by atoms with Crippen molar-refractivity contribution in [3.05, 3.63) is 80.1 Å². The first kappa shape index (κ1) is 20.0. The minimum atomic E-state index is -0.874. The van der Waals surface area contributed by atoms with Crippen LogP contribution in [0.25, 0.3) is 0 Å². The zero-order valence-electron chi connectivity index (χ0n) is 14.7. The maximum atomic E-state index is 12.3. The average Bonchev–Trinajstić information content (AvgIpc) is 3.09. The number of nitrogens with one attached hydrogen (secondary N) is 1. The quantitative estimate of drug-likeness (QED) is 0.293. The van der Waals surface area contributed by atoms with Crippen LogP contribution < -0.4 is 5.43 Å². The molecule has 10 nitrogen and oxygen atoms in total. The van der Waals surface area contributed by atoms with Crippen LogP contribution in [0.15, 0.2) is 58.2 Å². The number of hydrogen-bond acceptors (Lipinski definition) is 7. The molecule has 0 radical (unpaired) electrons. The molecule has 3 aromatic rings. The molecular weight excluding hydrogens is 446 g/mol. The molecule has 0 aliphatic heterocycles. The van der Waals surface area contributed by atoms with E-state index in [0.717, 1.165) is 22.3 Å². The minimum Gasteiger partial charge on any atom is -0.508 e. The molecule has 29 heavy (non-hydrogen) atoms. The van der Waals surface area contributed by atoms with Crippen molar-refractivity contribution in [2.24, 2.45) is 5.10 Å². The standard InChI is InChI=1S/C18H14BrN5O5/c19-13-4-1-11(2-5-13)9-23-10-15(24(28)29)17(22-23)18(27)21-20-8-12-3-6-14(25)7-16(12)26/h1-8,10,25-26H,9H2,(H,21,27). The first-order chi connectivity index (χ1) is 13.8. The monoisotopic (exact) mass is 459 g/mol. The van der Waals surface area contributed by atoms with Crippen LogP contribution in [0.5, 0.6) is 11.5 Å². The summed E-state index contributed by atoms with van der Waals surface area (Å²) >= 11 is 3.33. The largest absolute Gasteiger partial charge is 0.508 e. The number of carbonyl (C=O) groups is 1. The van der Waals surface area contributed by atoms with E-state index in [2.05, 4.69) is 31.6 Å². The number of aromatic nitrogens is 2. The summed E-state index contributed by atoms with van der Waals surface area (Å²) in [7, 11) is 0. The Bertz CT molecular complexity index is 1090. The Morgan fingerprint density at radius 3 is 2.66 bits per heavy atom. The molecule has 0 spiro atoms. The van der Waals surface area contributed by atoms with Crippen molar-refractivity contribution in [3.8, 4) is 11.5 Å². The third-order valence-corrected chi connectivity index (χ3v) is 4.32. The highest BCUT2D eigenvalue weighted by molar-refractivity contribution is 9.10. The lowest BCUT2D eigenvalue weighted by molar-refractivity contribution is -0.385. The fourth-order valence-corrected chi connectivity index (χ4v) is 2.68. The van der Waals surface area contributed by atoms with Crippen molar-refractivity contribution in [1.82, 2.24) is 15.2 Å². The normalized spacial score (nSPS) is 10.9. The summed E-state index contributed by atoms with van der Waals surface area (Å²) < 4.78 is 2.19. The summed E-state index contributed by atoms with van der Waals surface area (Å²) in [6.07, 6.45) is 2.31. The number of nitro groups is 1. The lowest BCUT2D eigenvalue weighted by Gasteiger charge is -2.01. The van der Waals surface area contributed by atoms with Crippen LogP contribution in [0.2, 0.25) is 0 Å². The van der Waals surface area contributed by atoms with Crippen LogP contribution in [-0.4, -0.2) is 37.0 Å². The van der Waals surface area contributed by atoms with Gasteiger partial charge in [-0.2, -0.15) is 10.2 Å². The van der Waals surface area contributed by atoms with Crippen molar-refractivity contribution in [3.63, 3.8) is 0 Å². The van der Waals surface area contributed by atoms with Crippen LogP contribution in [0, 0.1) is 10.1 Å². The smallest absolute Gasteiger partial charge is 0.320 e. The van der Waals surface area contributed by atoms with E-state index in [-0.39, 0.29) is 29.3 Å². The topological polar surface area (TPSA) is 143 Å². The number of carbonyl (C=O) groups excluding carboxylic acids is 1. The van der Waals surface area contributed by atoms with E-state index < -0.39 is 16.5 Å². The molecule has 0 fully saturated rings. The fraction of sp³-hybridized carbons (Fsp3) is 0.0556. The van der Waals surface area contributed by atoms with Gasteiger partial charge < -0.3 is 10.2 Å². The molecule has 0 aliphatic rings. The van der Waals surface area contributed by atoms with Crippen molar-refractivity contribution in [2.75, 3.05) is 0 Å². The summed E-state index contributed by atoms with van der Waals surface area (Å²) in [5.74, 6) is -1.25. The average molecular weight is 460 g/mol. The van der Waals surface area contributed by atoms with Gasteiger partial charge in [-0.15, -0.1) is 0 Å². The Balaban J connectivity index is 1.76. The molecule has 3 rings (SSSR count). The molecule has 2 aromatic carbocycles. The van der Waals surface area contributed by atoms with E-state index >= 15 is 0 Å². The molecule has 1 amide bonds. The molecular formula is C18H14BrN5O5. The lowest BCUT2D eigenvalue weighted by atomic mass is 10.2. The molecule has 0 atom stereocenters. The maximum absolute atomic E-state index is 12.3. The number of phenols is 2.